The lowest BCUT2D eigenvalue weighted by molar-refractivity contribution is -0.115. The minimum atomic E-state index is -0.102. The average molecular weight is 424 g/mol. The highest BCUT2D eigenvalue weighted by Gasteiger charge is 2.21. The van der Waals surface area contributed by atoms with Crippen molar-refractivity contribution < 1.29 is 9.59 Å². The molecule has 0 radical (unpaired) electrons. The summed E-state index contributed by atoms with van der Waals surface area (Å²) in [5, 5.41) is 8.60. The van der Waals surface area contributed by atoms with Crippen LogP contribution in [-0.4, -0.2) is 47.9 Å². The molecule has 0 aliphatic carbocycles. The molecule has 0 bridgehead atoms. The van der Waals surface area contributed by atoms with Crippen LogP contribution in [0, 0.1) is 0 Å². The second-order valence-corrected chi connectivity index (χ2v) is 8.55. The summed E-state index contributed by atoms with van der Waals surface area (Å²) in [5.41, 5.74) is 1.95. The van der Waals surface area contributed by atoms with E-state index in [0.29, 0.717) is 5.13 Å². The Morgan fingerprint density at radius 1 is 1.00 bits per heavy atom. The number of thiazole rings is 1. The molecule has 0 atom stereocenters. The van der Waals surface area contributed by atoms with Crippen LogP contribution in [0.3, 0.4) is 0 Å². The van der Waals surface area contributed by atoms with E-state index in [2.05, 4.69) is 49.7 Å². The summed E-state index contributed by atoms with van der Waals surface area (Å²) in [6.45, 7) is 7.45. The van der Waals surface area contributed by atoms with Crippen LogP contribution in [0.25, 0.3) is 10.8 Å². The molecule has 7 nitrogen and oxygen atoms in total. The number of amides is 2. The Hall–Kier alpha value is -2.97. The number of rotatable bonds is 5. The fraction of sp³-hybridized carbons (Fsp3) is 0.318. The number of fused-ring (bicyclic) bond motifs is 1. The number of piperazine rings is 1. The zero-order chi connectivity index (χ0) is 21.1. The second kappa shape index (κ2) is 8.81. The second-order valence-electron chi connectivity index (χ2n) is 7.44. The van der Waals surface area contributed by atoms with Gasteiger partial charge in [0.15, 0.2) is 5.13 Å². The van der Waals surface area contributed by atoms with Crippen LogP contribution in [0.2, 0.25) is 0 Å². The Bertz CT molecular complexity index is 1070. The first-order chi connectivity index (χ1) is 14.5. The van der Waals surface area contributed by atoms with Crippen molar-refractivity contribution in [3.8, 4) is 0 Å². The van der Waals surface area contributed by atoms with Gasteiger partial charge in [-0.05, 0) is 11.5 Å². The minimum Gasteiger partial charge on any atom is -0.367 e. The van der Waals surface area contributed by atoms with Crippen molar-refractivity contribution in [3.63, 3.8) is 0 Å². The third-order valence-corrected chi connectivity index (χ3v) is 6.03. The van der Waals surface area contributed by atoms with Crippen molar-refractivity contribution in [2.24, 2.45) is 0 Å². The first kappa shape index (κ1) is 20.3. The predicted octanol–water partition coefficient (Wildman–Crippen LogP) is 3.54. The Balaban J connectivity index is 1.46. The number of hydrogen-bond acceptors (Lipinski definition) is 6. The maximum Gasteiger partial charge on any atom is 0.223 e. The third kappa shape index (κ3) is 4.60. The van der Waals surface area contributed by atoms with E-state index in [1.165, 1.54) is 18.3 Å². The molecule has 2 amide bonds. The Labute approximate surface area is 179 Å². The monoisotopic (exact) mass is 423 g/mol. The molecule has 0 saturated carbocycles. The highest BCUT2D eigenvalue weighted by molar-refractivity contribution is 7.15. The van der Waals surface area contributed by atoms with E-state index in [1.54, 1.807) is 6.92 Å². The summed E-state index contributed by atoms with van der Waals surface area (Å²) in [6.07, 6.45) is 1.83. The van der Waals surface area contributed by atoms with Gasteiger partial charge in [-0.25, -0.2) is 4.98 Å². The fourth-order valence-corrected chi connectivity index (χ4v) is 4.69. The Kier molecular flexibility index (Phi) is 5.96. The van der Waals surface area contributed by atoms with E-state index in [1.807, 2.05) is 18.3 Å². The number of nitrogens with zero attached hydrogens (tertiary/aromatic N) is 3. The quantitative estimate of drug-likeness (QED) is 0.656. The van der Waals surface area contributed by atoms with Crippen molar-refractivity contribution >= 4 is 50.4 Å². The molecular weight excluding hydrogens is 398 g/mol. The Morgan fingerprint density at radius 2 is 1.73 bits per heavy atom. The van der Waals surface area contributed by atoms with Crippen LogP contribution in [0.4, 0.5) is 16.5 Å². The lowest BCUT2D eigenvalue weighted by atomic mass is 10.1. The Morgan fingerprint density at radius 3 is 2.47 bits per heavy atom. The zero-order valence-corrected chi connectivity index (χ0v) is 18.0. The lowest BCUT2D eigenvalue weighted by Crippen LogP contribution is -2.46. The van der Waals surface area contributed by atoms with Crippen LogP contribution in [0.1, 0.15) is 18.7 Å². The largest absolute Gasteiger partial charge is 0.367 e. The molecule has 2 aromatic carbocycles. The van der Waals surface area contributed by atoms with Crippen molar-refractivity contribution in [1.29, 1.82) is 0 Å². The van der Waals surface area contributed by atoms with E-state index in [4.69, 9.17) is 0 Å². The molecule has 2 heterocycles. The maximum atomic E-state index is 11.8. The molecule has 8 heteroatoms. The number of nitrogens with one attached hydrogen (secondary N) is 2. The number of hydrogen-bond donors (Lipinski definition) is 2. The SMILES string of the molecule is CC(=O)Nc1ncc(CN2CCN(c3ccc4ccccc4c3NC(C)=O)CC2)s1. The number of carbonyl (C=O) groups excluding carboxylic acids is 2. The molecule has 2 N–H and O–H groups in total. The smallest absolute Gasteiger partial charge is 0.223 e. The fourth-order valence-electron chi connectivity index (χ4n) is 3.79. The van der Waals surface area contributed by atoms with Gasteiger partial charge in [0.25, 0.3) is 0 Å². The van der Waals surface area contributed by atoms with Crippen LogP contribution in [0.15, 0.2) is 42.6 Å². The van der Waals surface area contributed by atoms with Gasteiger partial charge in [-0.3, -0.25) is 14.5 Å². The molecule has 3 aromatic rings. The molecule has 1 fully saturated rings. The van der Waals surface area contributed by atoms with E-state index in [0.717, 1.165) is 59.7 Å². The summed E-state index contributed by atoms with van der Waals surface area (Å²) in [6, 6.07) is 12.3. The van der Waals surface area contributed by atoms with Gasteiger partial charge in [0.2, 0.25) is 11.8 Å². The van der Waals surface area contributed by atoms with Gasteiger partial charge in [-0.15, -0.1) is 11.3 Å². The van der Waals surface area contributed by atoms with E-state index in [-0.39, 0.29) is 11.8 Å². The molecule has 0 spiro atoms. The van der Waals surface area contributed by atoms with Gasteiger partial charge in [0.05, 0.1) is 11.4 Å². The normalized spacial score (nSPS) is 14.7. The number of benzene rings is 2. The molecule has 30 heavy (non-hydrogen) atoms. The predicted molar refractivity (Wildman–Crippen MR) is 122 cm³/mol. The van der Waals surface area contributed by atoms with Gasteiger partial charge < -0.3 is 15.5 Å². The van der Waals surface area contributed by atoms with Gasteiger partial charge in [-0.1, -0.05) is 30.3 Å². The minimum absolute atomic E-state index is 0.0635. The van der Waals surface area contributed by atoms with Crippen molar-refractivity contribution in [2.45, 2.75) is 20.4 Å². The summed E-state index contributed by atoms with van der Waals surface area (Å²) < 4.78 is 0. The molecule has 1 aromatic heterocycles. The molecular formula is C22H25N5O2S. The van der Waals surface area contributed by atoms with E-state index < -0.39 is 0 Å². The molecule has 0 unspecified atom stereocenters. The van der Waals surface area contributed by atoms with Crippen molar-refractivity contribution in [2.75, 3.05) is 41.7 Å². The molecule has 1 aliphatic heterocycles. The molecule has 1 aliphatic rings. The van der Waals surface area contributed by atoms with Gasteiger partial charge in [0, 0.05) is 63.0 Å². The molecule has 4 rings (SSSR count). The maximum absolute atomic E-state index is 11.8. The van der Waals surface area contributed by atoms with Crippen LogP contribution < -0.4 is 15.5 Å². The van der Waals surface area contributed by atoms with Gasteiger partial charge >= 0.3 is 0 Å². The molecule has 156 valence electrons. The van der Waals surface area contributed by atoms with Crippen LogP contribution in [-0.2, 0) is 16.1 Å². The van der Waals surface area contributed by atoms with Gasteiger partial charge in [-0.2, -0.15) is 0 Å². The summed E-state index contributed by atoms with van der Waals surface area (Å²) in [7, 11) is 0. The average Bonchev–Trinajstić information content (AvgIpc) is 3.14. The van der Waals surface area contributed by atoms with Crippen LogP contribution >= 0.6 is 11.3 Å². The number of carbonyl (C=O) groups is 2. The van der Waals surface area contributed by atoms with Crippen LogP contribution in [0.5, 0.6) is 0 Å². The van der Waals surface area contributed by atoms with Crippen molar-refractivity contribution in [3.05, 3.63) is 47.5 Å². The standard InChI is InChI=1S/C22H25N5O2S/c1-15(28)24-21-19-6-4-3-5-17(19)7-8-20(21)27-11-9-26(10-12-27)14-18-13-23-22(30-18)25-16(2)29/h3-8,13H,9-12,14H2,1-2H3,(H,24,28)(H,23,25,29). The van der Waals surface area contributed by atoms with Gasteiger partial charge in [0.1, 0.15) is 0 Å². The number of aromatic nitrogens is 1. The summed E-state index contributed by atoms with van der Waals surface area (Å²) in [5.74, 6) is -0.165. The lowest BCUT2D eigenvalue weighted by Gasteiger charge is -2.37. The number of anilines is 3. The highest BCUT2D eigenvalue weighted by Crippen LogP contribution is 2.35. The van der Waals surface area contributed by atoms with E-state index >= 15 is 0 Å². The zero-order valence-electron chi connectivity index (χ0n) is 17.1. The van der Waals surface area contributed by atoms with Crippen molar-refractivity contribution in [1.82, 2.24) is 9.88 Å². The summed E-state index contributed by atoms with van der Waals surface area (Å²) >= 11 is 1.52. The topological polar surface area (TPSA) is 77.6 Å². The third-order valence-electron chi connectivity index (χ3n) is 5.14. The summed E-state index contributed by atoms with van der Waals surface area (Å²) in [4.78, 5) is 33.1. The first-order valence-electron chi connectivity index (χ1n) is 9.98. The van der Waals surface area contributed by atoms with E-state index in [9.17, 15) is 9.59 Å². The molecule has 1 saturated heterocycles. The highest BCUT2D eigenvalue weighted by atomic mass is 32.1. The first-order valence-corrected chi connectivity index (χ1v) is 10.8.